The maximum Gasteiger partial charge on any atom is 0.471 e. The molecule has 1 atom stereocenters. The number of pyridine rings is 1. The molecule has 0 aliphatic heterocycles. The molecule has 0 aromatic carbocycles. The van der Waals surface area contributed by atoms with Gasteiger partial charge in [-0.05, 0) is 11.6 Å². The Morgan fingerprint density at radius 1 is 1.37 bits per heavy atom. The minimum Gasteiger partial charge on any atom is -0.506 e. The first kappa shape index (κ1) is 14.7. The topological polar surface area (TPSA) is 99.5 Å². The van der Waals surface area contributed by atoms with Gasteiger partial charge in [-0.3, -0.25) is 9.78 Å². The number of rotatable bonds is 4. The number of halogens is 3. The van der Waals surface area contributed by atoms with Crippen LogP contribution in [0.1, 0.15) is 5.56 Å². The number of aliphatic carboxylic acids is 1. The van der Waals surface area contributed by atoms with Gasteiger partial charge in [0.2, 0.25) is 0 Å². The number of nitrogens with zero attached hydrogens (tertiary/aromatic N) is 1. The monoisotopic (exact) mass is 278 g/mol. The van der Waals surface area contributed by atoms with Gasteiger partial charge < -0.3 is 15.5 Å². The highest BCUT2D eigenvalue weighted by atomic mass is 19.4. The van der Waals surface area contributed by atoms with Gasteiger partial charge in [-0.15, -0.1) is 0 Å². The van der Waals surface area contributed by atoms with Crippen molar-refractivity contribution in [3.63, 3.8) is 0 Å². The lowest BCUT2D eigenvalue weighted by molar-refractivity contribution is -0.175. The van der Waals surface area contributed by atoms with E-state index in [1.165, 1.54) is 11.5 Å². The van der Waals surface area contributed by atoms with Crippen molar-refractivity contribution in [1.82, 2.24) is 10.3 Å². The van der Waals surface area contributed by atoms with Crippen molar-refractivity contribution in [3.05, 3.63) is 24.0 Å². The van der Waals surface area contributed by atoms with Gasteiger partial charge >= 0.3 is 18.1 Å². The molecule has 1 amide bonds. The van der Waals surface area contributed by atoms with Crippen LogP contribution in [0.3, 0.4) is 0 Å². The number of carbonyl (C=O) groups excluding carboxylic acids is 1. The number of carboxylic acid groups (broad SMARTS) is 1. The van der Waals surface area contributed by atoms with Crippen LogP contribution in [0.25, 0.3) is 0 Å². The number of nitrogens with one attached hydrogen (secondary N) is 1. The third-order valence-corrected chi connectivity index (χ3v) is 2.08. The van der Waals surface area contributed by atoms with Crippen LogP contribution in [0.5, 0.6) is 5.75 Å². The van der Waals surface area contributed by atoms with Crippen LogP contribution in [-0.2, 0) is 16.0 Å². The Kier molecular flexibility index (Phi) is 4.30. The zero-order chi connectivity index (χ0) is 14.6. The number of hydrogen-bond acceptors (Lipinski definition) is 4. The molecule has 19 heavy (non-hydrogen) atoms. The molecule has 3 N–H and O–H groups in total. The average molecular weight is 278 g/mol. The van der Waals surface area contributed by atoms with Crippen molar-refractivity contribution < 1.29 is 33.0 Å². The van der Waals surface area contributed by atoms with Crippen LogP contribution in [0, 0.1) is 0 Å². The van der Waals surface area contributed by atoms with E-state index < -0.39 is 30.5 Å². The number of carboxylic acids is 1. The van der Waals surface area contributed by atoms with Crippen molar-refractivity contribution in [2.24, 2.45) is 0 Å². The summed E-state index contributed by atoms with van der Waals surface area (Å²) in [5, 5.41) is 19.2. The molecule has 1 aromatic heterocycles. The molecule has 1 unspecified atom stereocenters. The molecule has 1 aromatic rings. The van der Waals surface area contributed by atoms with Crippen LogP contribution in [0.15, 0.2) is 18.5 Å². The maximum absolute atomic E-state index is 12.0. The molecular weight excluding hydrogens is 269 g/mol. The van der Waals surface area contributed by atoms with E-state index >= 15 is 0 Å². The van der Waals surface area contributed by atoms with E-state index in [0.717, 1.165) is 12.3 Å². The van der Waals surface area contributed by atoms with Crippen LogP contribution in [-0.4, -0.2) is 39.3 Å². The molecule has 6 nitrogen and oxygen atoms in total. The predicted octanol–water partition coefficient (Wildman–Crippen LogP) is 0.461. The first-order chi connectivity index (χ1) is 8.70. The first-order valence-electron chi connectivity index (χ1n) is 4.93. The van der Waals surface area contributed by atoms with E-state index in [1.54, 1.807) is 0 Å². The minimum atomic E-state index is -5.16. The average Bonchev–Trinajstić information content (AvgIpc) is 2.26. The lowest BCUT2D eigenvalue weighted by Gasteiger charge is -2.15. The van der Waals surface area contributed by atoms with Crippen molar-refractivity contribution in [2.45, 2.75) is 18.6 Å². The van der Waals surface area contributed by atoms with Gasteiger partial charge in [-0.1, -0.05) is 0 Å². The van der Waals surface area contributed by atoms with Gasteiger partial charge in [0, 0.05) is 12.6 Å². The minimum absolute atomic E-state index is 0.176. The molecule has 9 heteroatoms. The number of alkyl halides is 3. The van der Waals surface area contributed by atoms with Crippen LogP contribution >= 0.6 is 0 Å². The molecule has 1 heterocycles. The third-order valence-electron chi connectivity index (χ3n) is 2.08. The summed E-state index contributed by atoms with van der Waals surface area (Å²) >= 11 is 0. The summed E-state index contributed by atoms with van der Waals surface area (Å²) in [4.78, 5) is 25.0. The summed E-state index contributed by atoms with van der Waals surface area (Å²) < 4.78 is 36.1. The van der Waals surface area contributed by atoms with E-state index in [2.05, 4.69) is 4.98 Å². The highest BCUT2D eigenvalue weighted by Gasteiger charge is 2.40. The zero-order valence-corrected chi connectivity index (χ0v) is 9.31. The Morgan fingerprint density at radius 3 is 2.47 bits per heavy atom. The van der Waals surface area contributed by atoms with Gasteiger partial charge in [-0.25, -0.2) is 4.79 Å². The molecule has 1 rings (SSSR count). The Balaban J connectivity index is 2.80. The second-order valence-corrected chi connectivity index (χ2v) is 3.62. The van der Waals surface area contributed by atoms with Crippen LogP contribution in [0.2, 0.25) is 0 Å². The third kappa shape index (κ3) is 4.45. The lowest BCUT2D eigenvalue weighted by atomic mass is 10.1. The molecular formula is C10H9F3N2O4. The number of amides is 1. The smallest absolute Gasteiger partial charge is 0.471 e. The molecule has 0 saturated carbocycles. The maximum atomic E-state index is 12.0. The second-order valence-electron chi connectivity index (χ2n) is 3.62. The van der Waals surface area contributed by atoms with E-state index in [1.807, 2.05) is 0 Å². The summed E-state index contributed by atoms with van der Waals surface area (Å²) in [6.07, 6.45) is -3.34. The number of aromatic hydroxyl groups is 1. The SMILES string of the molecule is O=C(O)C(Cc1cncc(O)c1)NC(=O)C(F)(F)F. The summed E-state index contributed by atoms with van der Waals surface area (Å²) in [6.45, 7) is 0. The van der Waals surface area contributed by atoms with E-state index in [0.29, 0.717) is 0 Å². The van der Waals surface area contributed by atoms with Gasteiger partial charge in [0.1, 0.15) is 11.8 Å². The van der Waals surface area contributed by atoms with E-state index in [9.17, 15) is 22.8 Å². The fourth-order valence-electron chi connectivity index (χ4n) is 1.26. The highest BCUT2D eigenvalue weighted by Crippen LogP contribution is 2.16. The van der Waals surface area contributed by atoms with Crippen molar-refractivity contribution in [1.29, 1.82) is 0 Å². The Labute approximate surface area is 104 Å². The molecule has 104 valence electrons. The normalized spacial score (nSPS) is 12.8. The largest absolute Gasteiger partial charge is 0.506 e. The van der Waals surface area contributed by atoms with Crippen LogP contribution < -0.4 is 5.32 Å². The Hall–Kier alpha value is -2.32. The number of carbonyl (C=O) groups is 2. The summed E-state index contributed by atoms with van der Waals surface area (Å²) in [5.41, 5.74) is 0.176. The standard InChI is InChI=1S/C10H9F3N2O4/c11-10(12,13)9(19)15-7(8(17)18)2-5-1-6(16)4-14-3-5/h1,3-4,7,16H,2H2,(H,15,19)(H,17,18). The molecule has 0 spiro atoms. The molecule has 0 saturated heterocycles. The molecule has 0 bridgehead atoms. The Bertz CT molecular complexity index is 490. The van der Waals surface area contributed by atoms with E-state index in [4.69, 9.17) is 10.2 Å². The summed E-state index contributed by atoms with van der Waals surface area (Å²) in [6, 6.07) is -0.624. The molecule has 0 radical (unpaired) electrons. The van der Waals surface area contributed by atoms with Gasteiger partial charge in [0.15, 0.2) is 0 Å². The van der Waals surface area contributed by atoms with Crippen molar-refractivity contribution >= 4 is 11.9 Å². The van der Waals surface area contributed by atoms with Gasteiger partial charge in [0.25, 0.3) is 0 Å². The highest BCUT2D eigenvalue weighted by molar-refractivity contribution is 5.87. The molecule has 0 aliphatic rings. The predicted molar refractivity (Wildman–Crippen MR) is 55.2 cm³/mol. The quantitative estimate of drug-likeness (QED) is 0.743. The van der Waals surface area contributed by atoms with E-state index in [-0.39, 0.29) is 11.3 Å². The lowest BCUT2D eigenvalue weighted by Crippen LogP contribution is -2.47. The van der Waals surface area contributed by atoms with Crippen molar-refractivity contribution in [2.75, 3.05) is 0 Å². The summed E-state index contributed by atoms with van der Waals surface area (Å²) in [7, 11) is 0. The van der Waals surface area contributed by atoms with Crippen LogP contribution in [0.4, 0.5) is 13.2 Å². The van der Waals surface area contributed by atoms with Gasteiger partial charge in [0.05, 0.1) is 6.20 Å². The fourth-order valence-corrected chi connectivity index (χ4v) is 1.26. The van der Waals surface area contributed by atoms with Gasteiger partial charge in [-0.2, -0.15) is 13.2 Å². The van der Waals surface area contributed by atoms with Crippen molar-refractivity contribution in [3.8, 4) is 5.75 Å². The molecule has 0 aliphatic carbocycles. The number of hydrogen-bond donors (Lipinski definition) is 3. The summed E-state index contributed by atoms with van der Waals surface area (Å²) in [5.74, 6) is -4.22. The zero-order valence-electron chi connectivity index (χ0n) is 9.31. The fraction of sp³-hybridized carbons (Fsp3) is 0.300. The Morgan fingerprint density at radius 2 is 2.00 bits per heavy atom. The second kappa shape index (κ2) is 5.55. The molecule has 0 fully saturated rings. The first-order valence-corrected chi connectivity index (χ1v) is 4.93. The number of aromatic nitrogens is 1.